The van der Waals surface area contributed by atoms with Crippen molar-refractivity contribution >= 4 is 34.2 Å². The molecule has 6 nitrogen and oxygen atoms in total. The van der Waals surface area contributed by atoms with Crippen LogP contribution in [0.5, 0.6) is 0 Å². The number of cyclic esters (lactones) is 1. The summed E-state index contributed by atoms with van der Waals surface area (Å²) < 4.78 is 8.77. The zero-order valence-electron chi connectivity index (χ0n) is 21.5. The average Bonchev–Trinajstić information content (AvgIpc) is 3.60. The van der Waals surface area contributed by atoms with Gasteiger partial charge in [0.05, 0.1) is 11.3 Å². The molecule has 2 aliphatic rings. The van der Waals surface area contributed by atoms with Crippen molar-refractivity contribution in [3.8, 4) is 0 Å². The molecule has 1 aromatic heterocycles. The van der Waals surface area contributed by atoms with Crippen LogP contribution in [0.1, 0.15) is 59.4 Å². The minimum atomic E-state index is -1.21. The van der Waals surface area contributed by atoms with Gasteiger partial charge in [-0.1, -0.05) is 42.5 Å². The number of amides is 1. The van der Waals surface area contributed by atoms with E-state index in [9.17, 15) is 9.59 Å². The normalized spacial score (nSPS) is 18.8. The lowest BCUT2D eigenvalue weighted by atomic mass is 9.77. The number of carbonyl (C=O) groups excluding carboxylic acids is 2. The summed E-state index contributed by atoms with van der Waals surface area (Å²) in [6.07, 6.45) is 2.31. The molecule has 1 saturated heterocycles. The van der Waals surface area contributed by atoms with Gasteiger partial charge in [0.1, 0.15) is 0 Å². The number of nitrogens with one attached hydrogen (secondary N) is 1. The zero-order valence-corrected chi connectivity index (χ0v) is 21.5. The Morgan fingerprint density at radius 3 is 2.49 bits per heavy atom. The van der Waals surface area contributed by atoms with E-state index in [0.29, 0.717) is 11.3 Å². The largest absolute Gasteiger partial charge is 0.440 e. The number of nitrogens with zero attached hydrogens (tertiary/aromatic N) is 2. The van der Waals surface area contributed by atoms with Gasteiger partial charge >= 0.3 is 5.97 Å². The molecular weight excluding hydrogens is 462 g/mol. The van der Waals surface area contributed by atoms with Crippen molar-refractivity contribution in [3.63, 3.8) is 0 Å². The summed E-state index contributed by atoms with van der Waals surface area (Å²) >= 11 is 0. The van der Waals surface area contributed by atoms with E-state index in [1.807, 2.05) is 48.5 Å². The lowest BCUT2D eigenvalue weighted by Crippen LogP contribution is -2.32. The second-order valence-electron chi connectivity index (χ2n) is 9.94. The zero-order chi connectivity index (χ0) is 25.7. The van der Waals surface area contributed by atoms with Crippen molar-refractivity contribution in [2.45, 2.75) is 45.8 Å². The highest BCUT2D eigenvalue weighted by atomic mass is 16.6. The van der Waals surface area contributed by atoms with Gasteiger partial charge in [0.15, 0.2) is 5.60 Å². The summed E-state index contributed by atoms with van der Waals surface area (Å²) in [5, 5.41) is 4.11. The van der Waals surface area contributed by atoms with Crippen molar-refractivity contribution < 1.29 is 14.3 Å². The van der Waals surface area contributed by atoms with Gasteiger partial charge in [0, 0.05) is 65.5 Å². The van der Waals surface area contributed by atoms with Crippen LogP contribution in [-0.2, 0) is 21.7 Å². The van der Waals surface area contributed by atoms with Crippen LogP contribution >= 0.6 is 0 Å². The summed E-state index contributed by atoms with van der Waals surface area (Å²) in [7, 11) is 0. The molecule has 188 valence electrons. The van der Waals surface area contributed by atoms with E-state index in [1.54, 1.807) is 0 Å². The molecule has 1 unspecified atom stereocenters. The molecule has 0 aliphatic carbocycles. The fourth-order valence-corrected chi connectivity index (χ4v) is 6.32. The Morgan fingerprint density at radius 1 is 1.00 bits per heavy atom. The molecule has 1 atom stereocenters. The standard InChI is InChI=1S/C31H31N3O3/c1-4-34-20(2)29(24-12-6-8-14-28(24)34)31(25-13-7-5-11-23(25)30(36)37-31)26-16-15-22(33-17-9-10-18-33)19-27(26)32-21(3)35/h5-8,11-16,19H,4,9-10,17-18H2,1-3H3,(H,32,35). The number of fused-ring (bicyclic) bond motifs is 2. The van der Waals surface area contributed by atoms with Crippen LogP contribution in [0.2, 0.25) is 0 Å². The van der Waals surface area contributed by atoms with Crippen molar-refractivity contribution in [2.24, 2.45) is 0 Å². The molecule has 6 rings (SSSR count). The minimum Gasteiger partial charge on any atom is -0.440 e. The summed E-state index contributed by atoms with van der Waals surface area (Å²) in [5.41, 5.74) is 5.67. The molecule has 37 heavy (non-hydrogen) atoms. The number of carbonyl (C=O) groups is 2. The Morgan fingerprint density at radius 2 is 1.73 bits per heavy atom. The first-order valence-corrected chi connectivity index (χ1v) is 13.0. The average molecular weight is 494 g/mol. The Kier molecular flexibility index (Phi) is 5.55. The van der Waals surface area contributed by atoms with E-state index >= 15 is 0 Å². The second kappa shape index (κ2) is 8.80. The molecule has 3 heterocycles. The van der Waals surface area contributed by atoms with Gasteiger partial charge in [0.25, 0.3) is 0 Å². The molecule has 3 aromatic carbocycles. The lowest BCUT2D eigenvalue weighted by Gasteiger charge is -2.33. The maximum atomic E-state index is 13.4. The van der Waals surface area contributed by atoms with Gasteiger partial charge in [-0.05, 0) is 51.0 Å². The predicted molar refractivity (Wildman–Crippen MR) is 146 cm³/mol. The minimum absolute atomic E-state index is 0.166. The van der Waals surface area contributed by atoms with Crippen LogP contribution in [-0.4, -0.2) is 29.5 Å². The van der Waals surface area contributed by atoms with Gasteiger partial charge in [-0.2, -0.15) is 0 Å². The molecular formula is C31H31N3O3. The quantitative estimate of drug-likeness (QED) is 0.347. The molecule has 0 bridgehead atoms. The highest BCUT2D eigenvalue weighted by Crippen LogP contribution is 2.53. The van der Waals surface area contributed by atoms with E-state index in [0.717, 1.165) is 71.5 Å². The Bertz CT molecular complexity index is 1550. The first-order chi connectivity index (χ1) is 18.0. The molecule has 1 amide bonds. The predicted octanol–water partition coefficient (Wildman–Crippen LogP) is 5.99. The monoisotopic (exact) mass is 493 g/mol. The number of ether oxygens (including phenoxy) is 1. The first kappa shape index (κ1) is 23.3. The van der Waals surface area contributed by atoms with Crippen LogP contribution < -0.4 is 10.2 Å². The van der Waals surface area contributed by atoms with Gasteiger partial charge < -0.3 is 19.5 Å². The molecule has 0 spiro atoms. The third-order valence-corrected chi connectivity index (χ3v) is 7.84. The fraction of sp³-hybridized carbons (Fsp3) is 0.290. The number of hydrogen-bond donors (Lipinski definition) is 1. The smallest absolute Gasteiger partial charge is 0.340 e. The van der Waals surface area contributed by atoms with E-state index in [1.165, 1.54) is 6.92 Å². The molecule has 2 aliphatic heterocycles. The Balaban J connectivity index is 1.71. The number of rotatable bonds is 5. The van der Waals surface area contributed by atoms with Gasteiger partial charge in [-0.25, -0.2) is 4.79 Å². The summed E-state index contributed by atoms with van der Waals surface area (Å²) in [4.78, 5) is 28.2. The van der Waals surface area contributed by atoms with Gasteiger partial charge in [0.2, 0.25) is 5.91 Å². The fourth-order valence-electron chi connectivity index (χ4n) is 6.32. The number of esters is 1. The van der Waals surface area contributed by atoms with E-state index in [2.05, 4.69) is 46.8 Å². The Labute approximate surface area is 216 Å². The summed E-state index contributed by atoms with van der Waals surface area (Å²) in [6.45, 7) is 8.49. The van der Waals surface area contributed by atoms with E-state index in [-0.39, 0.29) is 11.9 Å². The third kappa shape index (κ3) is 3.46. The van der Waals surface area contributed by atoms with Crippen molar-refractivity contribution in [2.75, 3.05) is 23.3 Å². The van der Waals surface area contributed by atoms with Crippen LogP contribution in [0.15, 0.2) is 66.7 Å². The molecule has 0 radical (unpaired) electrons. The van der Waals surface area contributed by atoms with Crippen molar-refractivity contribution in [1.29, 1.82) is 0 Å². The number of anilines is 2. The van der Waals surface area contributed by atoms with Crippen LogP contribution in [0, 0.1) is 6.92 Å². The number of benzene rings is 3. The second-order valence-corrected chi connectivity index (χ2v) is 9.94. The Hall–Kier alpha value is -4.06. The maximum Gasteiger partial charge on any atom is 0.340 e. The van der Waals surface area contributed by atoms with Crippen LogP contribution in [0.25, 0.3) is 10.9 Å². The van der Waals surface area contributed by atoms with Crippen LogP contribution in [0.3, 0.4) is 0 Å². The SMILES string of the molecule is CCn1c(C)c(C2(c3ccc(N4CCCC4)cc3NC(C)=O)OC(=O)c3ccccc32)c2ccccc21. The topological polar surface area (TPSA) is 63.6 Å². The highest BCUT2D eigenvalue weighted by Gasteiger charge is 2.52. The van der Waals surface area contributed by atoms with E-state index in [4.69, 9.17) is 4.74 Å². The molecule has 0 saturated carbocycles. The summed E-state index contributed by atoms with van der Waals surface area (Å²) in [5.74, 6) is -0.527. The highest BCUT2D eigenvalue weighted by molar-refractivity contribution is 6.00. The third-order valence-electron chi connectivity index (χ3n) is 7.84. The van der Waals surface area contributed by atoms with Gasteiger partial charge in [-0.3, -0.25) is 4.79 Å². The number of aromatic nitrogens is 1. The molecule has 6 heteroatoms. The lowest BCUT2D eigenvalue weighted by molar-refractivity contribution is -0.114. The molecule has 1 N–H and O–H groups in total. The molecule has 4 aromatic rings. The summed E-state index contributed by atoms with van der Waals surface area (Å²) in [6, 6.07) is 22.0. The number of aryl methyl sites for hydroxylation is 1. The van der Waals surface area contributed by atoms with Crippen molar-refractivity contribution in [3.05, 3.63) is 94.7 Å². The van der Waals surface area contributed by atoms with Gasteiger partial charge in [-0.15, -0.1) is 0 Å². The molecule has 1 fully saturated rings. The first-order valence-electron chi connectivity index (χ1n) is 13.0. The van der Waals surface area contributed by atoms with E-state index < -0.39 is 5.60 Å². The number of para-hydroxylation sites is 1. The number of hydrogen-bond acceptors (Lipinski definition) is 4. The van der Waals surface area contributed by atoms with Crippen molar-refractivity contribution in [1.82, 2.24) is 4.57 Å². The maximum absolute atomic E-state index is 13.4. The van der Waals surface area contributed by atoms with Crippen LogP contribution in [0.4, 0.5) is 11.4 Å².